The van der Waals surface area contributed by atoms with E-state index in [1.54, 1.807) is 6.20 Å². The molecule has 6 heteroatoms. The van der Waals surface area contributed by atoms with Gasteiger partial charge in [-0.25, -0.2) is 0 Å². The SMILES string of the molecule is NC(CNc1cc(-c2ccc3cnccc3c2)on1)Cc1cccc(Cl)c1. The third kappa shape index (κ3) is 4.27. The molecule has 0 radical (unpaired) electrons. The van der Waals surface area contributed by atoms with Crippen molar-refractivity contribution in [1.29, 1.82) is 0 Å². The van der Waals surface area contributed by atoms with Gasteiger partial charge in [0.25, 0.3) is 0 Å². The van der Waals surface area contributed by atoms with Crippen molar-refractivity contribution in [2.45, 2.75) is 12.5 Å². The van der Waals surface area contributed by atoms with Crippen molar-refractivity contribution >= 4 is 28.2 Å². The van der Waals surface area contributed by atoms with Crippen LogP contribution in [-0.4, -0.2) is 22.7 Å². The van der Waals surface area contributed by atoms with Gasteiger partial charge in [-0.15, -0.1) is 0 Å². The van der Waals surface area contributed by atoms with Crippen molar-refractivity contribution < 1.29 is 4.52 Å². The van der Waals surface area contributed by atoms with Crippen LogP contribution in [-0.2, 0) is 6.42 Å². The number of hydrogen-bond acceptors (Lipinski definition) is 5. The Morgan fingerprint density at radius 3 is 2.89 bits per heavy atom. The zero-order chi connectivity index (χ0) is 18.6. The highest BCUT2D eigenvalue weighted by molar-refractivity contribution is 6.30. The summed E-state index contributed by atoms with van der Waals surface area (Å²) in [4.78, 5) is 4.13. The van der Waals surface area contributed by atoms with Crippen LogP contribution in [0.2, 0.25) is 5.02 Å². The monoisotopic (exact) mass is 378 g/mol. The van der Waals surface area contributed by atoms with Crippen molar-refractivity contribution in [2.75, 3.05) is 11.9 Å². The van der Waals surface area contributed by atoms with Gasteiger partial charge in [0.05, 0.1) is 0 Å². The standard InChI is InChI=1S/C21H19ClN4O/c22-18-3-1-2-14(8-18)9-19(23)13-25-21-11-20(27-26-21)16-4-5-17-12-24-7-6-15(17)10-16/h1-8,10-12,19H,9,13,23H2,(H,25,26). The molecule has 3 N–H and O–H groups in total. The number of benzene rings is 2. The molecule has 2 aromatic heterocycles. The molecule has 0 spiro atoms. The van der Waals surface area contributed by atoms with Gasteiger partial charge in [-0.3, -0.25) is 4.98 Å². The molecule has 0 aliphatic carbocycles. The van der Waals surface area contributed by atoms with E-state index in [4.69, 9.17) is 21.9 Å². The molecule has 1 unspecified atom stereocenters. The summed E-state index contributed by atoms with van der Waals surface area (Å²) in [5.41, 5.74) is 8.30. The highest BCUT2D eigenvalue weighted by atomic mass is 35.5. The number of halogens is 1. The van der Waals surface area contributed by atoms with Crippen molar-refractivity contribution in [3.8, 4) is 11.3 Å². The highest BCUT2D eigenvalue weighted by Gasteiger charge is 2.10. The largest absolute Gasteiger partial charge is 0.366 e. The van der Waals surface area contributed by atoms with Gasteiger partial charge in [-0.2, -0.15) is 0 Å². The van der Waals surface area contributed by atoms with Gasteiger partial charge in [0.1, 0.15) is 0 Å². The van der Waals surface area contributed by atoms with Gasteiger partial charge in [-0.05, 0) is 41.6 Å². The zero-order valence-corrected chi connectivity index (χ0v) is 15.4. The maximum Gasteiger partial charge on any atom is 0.170 e. The molecule has 0 aliphatic heterocycles. The molecule has 4 rings (SSSR count). The molecule has 27 heavy (non-hydrogen) atoms. The summed E-state index contributed by atoms with van der Waals surface area (Å²) < 4.78 is 5.48. The second-order valence-corrected chi connectivity index (χ2v) is 6.93. The maximum atomic E-state index is 6.21. The van der Waals surface area contributed by atoms with Crippen LogP contribution >= 0.6 is 11.6 Å². The van der Waals surface area contributed by atoms with E-state index in [9.17, 15) is 0 Å². The summed E-state index contributed by atoms with van der Waals surface area (Å²) in [7, 11) is 0. The number of nitrogens with two attached hydrogens (primary N) is 1. The minimum atomic E-state index is -0.0585. The molecular formula is C21H19ClN4O. The first-order chi connectivity index (χ1) is 13.2. The van der Waals surface area contributed by atoms with Crippen LogP contribution in [0.1, 0.15) is 5.56 Å². The lowest BCUT2D eigenvalue weighted by atomic mass is 10.1. The first kappa shape index (κ1) is 17.5. The summed E-state index contributed by atoms with van der Waals surface area (Å²) in [6, 6.07) is 17.6. The Kier molecular flexibility index (Phi) is 5.05. The third-order valence-corrected chi connectivity index (χ3v) is 4.60. The molecule has 4 aromatic rings. The summed E-state index contributed by atoms with van der Waals surface area (Å²) >= 11 is 6.02. The molecule has 0 saturated carbocycles. The number of fused-ring (bicyclic) bond motifs is 1. The Bertz CT molecular complexity index is 1060. The molecular weight excluding hydrogens is 360 g/mol. The van der Waals surface area contributed by atoms with Crippen molar-refractivity contribution in [3.05, 3.63) is 77.6 Å². The van der Waals surface area contributed by atoms with Crippen LogP contribution in [0.4, 0.5) is 5.82 Å². The van der Waals surface area contributed by atoms with E-state index >= 15 is 0 Å². The van der Waals surface area contributed by atoms with Crippen molar-refractivity contribution in [1.82, 2.24) is 10.1 Å². The van der Waals surface area contributed by atoms with Crippen LogP contribution in [0, 0.1) is 0 Å². The van der Waals surface area contributed by atoms with Crippen molar-refractivity contribution in [2.24, 2.45) is 5.73 Å². The van der Waals surface area contributed by atoms with Gasteiger partial charge in [-0.1, -0.05) is 41.0 Å². The van der Waals surface area contributed by atoms with Crippen molar-refractivity contribution in [3.63, 3.8) is 0 Å². The average Bonchev–Trinajstić information content (AvgIpc) is 3.15. The molecule has 2 heterocycles. The number of pyridine rings is 1. The Labute approximate surface area is 162 Å². The molecule has 136 valence electrons. The van der Waals surface area contributed by atoms with E-state index in [1.807, 2.05) is 54.7 Å². The summed E-state index contributed by atoms with van der Waals surface area (Å²) in [5, 5.41) is 10.2. The predicted octanol–water partition coefficient (Wildman–Crippen LogP) is 4.53. The second kappa shape index (κ2) is 7.78. The van der Waals surface area contributed by atoms with Crippen LogP contribution < -0.4 is 11.1 Å². The number of anilines is 1. The van der Waals surface area contributed by atoms with E-state index in [-0.39, 0.29) is 6.04 Å². The normalized spacial score (nSPS) is 12.2. The van der Waals surface area contributed by atoms with Gasteiger partial charge >= 0.3 is 0 Å². The fourth-order valence-electron chi connectivity index (χ4n) is 3.01. The molecule has 0 saturated heterocycles. The molecule has 0 aliphatic rings. The van der Waals surface area contributed by atoms with Crippen LogP contribution in [0.25, 0.3) is 22.1 Å². The maximum absolute atomic E-state index is 6.21. The average molecular weight is 379 g/mol. The number of nitrogens with one attached hydrogen (secondary N) is 1. The minimum Gasteiger partial charge on any atom is -0.366 e. The van der Waals surface area contributed by atoms with E-state index in [0.29, 0.717) is 18.1 Å². The minimum absolute atomic E-state index is 0.0585. The summed E-state index contributed by atoms with van der Waals surface area (Å²) in [5.74, 6) is 1.38. The van der Waals surface area contributed by atoms with E-state index in [0.717, 1.165) is 33.3 Å². The van der Waals surface area contributed by atoms with Crippen LogP contribution in [0.5, 0.6) is 0 Å². The fourth-order valence-corrected chi connectivity index (χ4v) is 3.22. The Morgan fingerprint density at radius 1 is 1.07 bits per heavy atom. The number of rotatable bonds is 6. The number of hydrogen-bond donors (Lipinski definition) is 2. The Hall–Kier alpha value is -2.89. The third-order valence-electron chi connectivity index (χ3n) is 4.37. The second-order valence-electron chi connectivity index (χ2n) is 6.49. The van der Waals surface area contributed by atoms with E-state index in [2.05, 4.69) is 21.5 Å². The van der Waals surface area contributed by atoms with Gasteiger partial charge in [0.15, 0.2) is 11.6 Å². The Morgan fingerprint density at radius 2 is 2.00 bits per heavy atom. The topological polar surface area (TPSA) is 77.0 Å². The molecule has 0 fully saturated rings. The Balaban J connectivity index is 1.40. The summed E-state index contributed by atoms with van der Waals surface area (Å²) in [6.07, 6.45) is 4.35. The molecule has 0 bridgehead atoms. The van der Waals surface area contributed by atoms with Crippen LogP contribution in [0.3, 0.4) is 0 Å². The van der Waals surface area contributed by atoms with E-state index in [1.165, 1.54) is 0 Å². The lowest BCUT2D eigenvalue weighted by molar-refractivity contribution is 0.434. The van der Waals surface area contributed by atoms with Gasteiger partial charge < -0.3 is 15.6 Å². The summed E-state index contributed by atoms with van der Waals surface area (Å²) in [6.45, 7) is 0.585. The predicted molar refractivity (Wildman–Crippen MR) is 109 cm³/mol. The highest BCUT2D eigenvalue weighted by Crippen LogP contribution is 2.26. The fraction of sp³-hybridized carbons (Fsp3) is 0.143. The van der Waals surface area contributed by atoms with E-state index < -0.39 is 0 Å². The van der Waals surface area contributed by atoms with Gasteiger partial charge in [0.2, 0.25) is 0 Å². The first-order valence-electron chi connectivity index (χ1n) is 8.72. The molecule has 0 amide bonds. The smallest absolute Gasteiger partial charge is 0.170 e. The first-order valence-corrected chi connectivity index (χ1v) is 9.10. The molecule has 5 nitrogen and oxygen atoms in total. The van der Waals surface area contributed by atoms with Crippen LogP contribution in [0.15, 0.2) is 71.5 Å². The number of aromatic nitrogens is 2. The number of nitrogens with zero attached hydrogens (tertiary/aromatic N) is 2. The quantitative estimate of drug-likeness (QED) is 0.515. The molecule has 2 aromatic carbocycles. The lowest BCUT2D eigenvalue weighted by Gasteiger charge is -2.12. The van der Waals surface area contributed by atoms with Gasteiger partial charge in [0, 0.05) is 47.0 Å². The lowest BCUT2D eigenvalue weighted by Crippen LogP contribution is -2.31. The zero-order valence-electron chi connectivity index (χ0n) is 14.6. The molecule has 1 atom stereocenters.